The van der Waals surface area contributed by atoms with E-state index in [-0.39, 0.29) is 0 Å². The minimum Gasteiger partial charge on any atom is -0.860 e. The first-order valence-corrected chi connectivity index (χ1v) is 18.7. The second kappa shape index (κ2) is 20.0. The van der Waals surface area contributed by atoms with E-state index in [0.717, 1.165) is 44.2 Å². The molecule has 0 aromatic heterocycles. The van der Waals surface area contributed by atoms with E-state index in [9.17, 15) is 10.0 Å². The fourth-order valence-electron chi connectivity index (χ4n) is 6.92. The molecule has 5 rings (SSSR count). The molecule has 0 atom stereocenters. The van der Waals surface area contributed by atoms with Crippen LogP contribution in [0.1, 0.15) is 55.4 Å². The Labute approximate surface area is 303 Å². The second-order valence-electron chi connectivity index (χ2n) is 12.7. The topological polar surface area (TPSA) is 55.3 Å². The maximum Gasteiger partial charge on any atom is 0.133 e. The number of benzene rings is 5. The molecule has 0 N–H and O–H groups in total. The van der Waals surface area contributed by atoms with E-state index in [1.807, 2.05) is 78.9 Å². The molecule has 0 heterocycles. The van der Waals surface area contributed by atoms with E-state index in [1.165, 1.54) is 61.3 Å². The highest BCUT2D eigenvalue weighted by molar-refractivity contribution is 6.30. The molecule has 0 aliphatic carbocycles. The molecular formula is C44H59BN2O3. The summed E-state index contributed by atoms with van der Waals surface area (Å²) >= 11 is 0. The normalized spacial score (nSPS) is 11.2. The van der Waals surface area contributed by atoms with Crippen molar-refractivity contribution in [2.75, 3.05) is 52.4 Å². The molecule has 0 aliphatic heterocycles. The molecule has 0 saturated carbocycles. The number of hydrogen-bond acceptors (Lipinski definition) is 3. The van der Waals surface area contributed by atoms with Crippen molar-refractivity contribution in [2.45, 2.75) is 55.4 Å². The van der Waals surface area contributed by atoms with Crippen molar-refractivity contribution in [3.05, 3.63) is 115 Å². The zero-order valence-corrected chi connectivity index (χ0v) is 31.8. The third-order valence-corrected chi connectivity index (χ3v) is 11.0. The van der Waals surface area contributed by atoms with Crippen LogP contribution in [0.3, 0.4) is 0 Å². The first-order valence-electron chi connectivity index (χ1n) is 18.7. The van der Waals surface area contributed by atoms with Gasteiger partial charge in [-0.2, -0.15) is 0 Å². The van der Waals surface area contributed by atoms with Crippen LogP contribution in [0.2, 0.25) is 0 Å². The molecule has 6 heteroatoms. The lowest BCUT2D eigenvalue weighted by Crippen LogP contribution is -2.50. The number of hydrogen-bond donors (Lipinski definition) is 0. The summed E-state index contributed by atoms with van der Waals surface area (Å²) in [7, 11) is -2.41. The predicted molar refractivity (Wildman–Crippen MR) is 211 cm³/mol. The van der Waals surface area contributed by atoms with Gasteiger partial charge in [-0.25, -0.2) is 0 Å². The monoisotopic (exact) mass is 674 g/mol. The summed E-state index contributed by atoms with van der Waals surface area (Å²) in [4.78, 5) is 0. The van der Waals surface area contributed by atoms with Crippen LogP contribution in [0.25, 0.3) is 44.2 Å². The highest BCUT2D eigenvalue weighted by Gasteiger charge is 2.19. The van der Waals surface area contributed by atoms with E-state index in [0.29, 0.717) is 5.75 Å². The minimum atomic E-state index is -2.41. The molecule has 0 fully saturated rings. The van der Waals surface area contributed by atoms with E-state index in [4.69, 9.17) is 4.65 Å². The average Bonchev–Trinajstić information content (AvgIpc) is 3.18. The van der Waals surface area contributed by atoms with Crippen molar-refractivity contribution < 1.29 is 23.7 Å². The molecule has 5 aromatic carbocycles. The fourth-order valence-corrected chi connectivity index (χ4v) is 6.92. The summed E-state index contributed by atoms with van der Waals surface area (Å²) in [6, 6.07) is 37.9. The third kappa shape index (κ3) is 10.1. The Morgan fingerprint density at radius 3 is 0.940 bits per heavy atom. The van der Waals surface area contributed by atoms with Gasteiger partial charge in [0.1, 0.15) is 13.1 Å². The lowest BCUT2D eigenvalue weighted by molar-refractivity contribution is -0.921. The molecule has 0 unspecified atom stereocenters. The van der Waals surface area contributed by atoms with Gasteiger partial charge in [0.2, 0.25) is 0 Å². The van der Waals surface area contributed by atoms with Gasteiger partial charge in [-0.05, 0) is 94.8 Å². The van der Waals surface area contributed by atoms with E-state index in [1.54, 1.807) is 6.07 Å². The lowest BCUT2D eigenvalue weighted by atomic mass is 9.87. The van der Waals surface area contributed by atoms with Gasteiger partial charge in [-0.1, -0.05) is 109 Å². The first kappa shape index (κ1) is 40.5. The fraction of sp³-hybridized carbons (Fsp3) is 0.364. The number of quaternary nitrogens is 2. The summed E-state index contributed by atoms with van der Waals surface area (Å²) in [5, 5.41) is 24.7. The quantitative estimate of drug-likeness (QED) is 0.0928. The second-order valence-corrected chi connectivity index (χ2v) is 12.7. The summed E-state index contributed by atoms with van der Waals surface area (Å²) in [6.07, 6.45) is 0. The van der Waals surface area contributed by atoms with Crippen molar-refractivity contribution in [3.63, 3.8) is 0 Å². The zero-order valence-electron chi connectivity index (χ0n) is 31.8. The highest BCUT2D eigenvalue weighted by Crippen LogP contribution is 2.45. The summed E-state index contributed by atoms with van der Waals surface area (Å²) in [5.41, 5.74) is 6.02. The largest absolute Gasteiger partial charge is 0.860 e. The first-order chi connectivity index (χ1) is 24.2. The van der Waals surface area contributed by atoms with Gasteiger partial charge in [-0.3, -0.25) is 0 Å². The van der Waals surface area contributed by atoms with Gasteiger partial charge in [0.25, 0.3) is 0 Å². The van der Waals surface area contributed by atoms with Crippen LogP contribution in [-0.2, 0) is 0 Å². The Bertz CT molecular complexity index is 1590. The molecule has 266 valence electrons. The van der Waals surface area contributed by atoms with Gasteiger partial charge in [0.15, 0.2) is 0 Å². The molecule has 5 aromatic rings. The smallest absolute Gasteiger partial charge is 0.133 e. The van der Waals surface area contributed by atoms with Crippen LogP contribution in [0.15, 0.2) is 115 Å². The Morgan fingerprint density at radius 2 is 0.680 bits per heavy atom. The third-order valence-electron chi connectivity index (χ3n) is 11.0. The number of fused-ring (bicyclic) bond motifs is 1. The van der Waals surface area contributed by atoms with Crippen molar-refractivity contribution >= 4 is 18.1 Å². The van der Waals surface area contributed by atoms with Crippen LogP contribution >= 0.6 is 0 Å². The molecule has 5 nitrogen and oxygen atoms in total. The van der Waals surface area contributed by atoms with Crippen molar-refractivity contribution in [1.82, 2.24) is 0 Å². The summed E-state index contributed by atoms with van der Waals surface area (Å²) in [5.74, 6) is 0.298. The SMILES string of the molecule is CC[N+](CC)(CC)CC.CC[N+](CC)(CC)CC.[O-]B([O-])Oc1ccc(-c2ccccc2)c2c(-c3ccccc3)ccc(-c3ccccc3)c12. The summed E-state index contributed by atoms with van der Waals surface area (Å²) < 4.78 is 7.82. The van der Waals surface area contributed by atoms with Gasteiger partial charge in [0, 0.05) is 10.8 Å². The van der Waals surface area contributed by atoms with Crippen LogP contribution in [-0.4, -0.2) is 68.6 Å². The maximum atomic E-state index is 11.5. The lowest BCUT2D eigenvalue weighted by Gasteiger charge is -2.34. The molecule has 0 radical (unpaired) electrons. The van der Waals surface area contributed by atoms with Gasteiger partial charge >= 0.3 is 0 Å². The van der Waals surface area contributed by atoms with Crippen LogP contribution in [0.4, 0.5) is 0 Å². The number of nitrogens with zero attached hydrogens (tertiary/aromatic N) is 2. The Kier molecular flexibility index (Phi) is 16.2. The molecule has 0 saturated heterocycles. The Balaban J connectivity index is 0.000000311. The van der Waals surface area contributed by atoms with Crippen molar-refractivity contribution in [2.24, 2.45) is 0 Å². The van der Waals surface area contributed by atoms with E-state index >= 15 is 0 Å². The predicted octanol–water partition coefficient (Wildman–Crippen LogP) is 8.69. The standard InChI is InChI=1S/C28H19BO3.2C8H20N/c30-29(31)32-26-19-18-24(21-12-6-2-7-13-21)27-23(20-10-4-1-5-11-20)16-17-25(28(26)27)22-14-8-3-9-15-22;2*1-5-9(6-2,7-3)8-4/h1-19H;2*5-8H2,1-4H3/q-2;2*+1. The molecule has 50 heavy (non-hydrogen) atoms. The Hall–Kier alpha value is -3.94. The molecule has 0 aliphatic rings. The van der Waals surface area contributed by atoms with Crippen LogP contribution in [0, 0.1) is 0 Å². The van der Waals surface area contributed by atoms with E-state index < -0.39 is 7.32 Å². The number of rotatable bonds is 13. The minimum absolute atomic E-state index is 0.298. The van der Waals surface area contributed by atoms with Gasteiger partial charge in [0.05, 0.1) is 52.4 Å². The van der Waals surface area contributed by atoms with Crippen molar-refractivity contribution in [1.29, 1.82) is 0 Å². The molecule has 0 bridgehead atoms. The highest BCUT2D eigenvalue weighted by atomic mass is 16.6. The molecular weight excluding hydrogens is 615 g/mol. The maximum absolute atomic E-state index is 11.5. The molecule has 0 spiro atoms. The van der Waals surface area contributed by atoms with Crippen LogP contribution in [0.5, 0.6) is 5.75 Å². The van der Waals surface area contributed by atoms with Crippen molar-refractivity contribution in [3.8, 4) is 39.1 Å². The van der Waals surface area contributed by atoms with Gasteiger partial charge in [-0.15, -0.1) is 0 Å². The zero-order chi connectivity index (χ0) is 36.6. The summed E-state index contributed by atoms with van der Waals surface area (Å²) in [6.45, 7) is 28.4. The molecule has 0 amide bonds. The van der Waals surface area contributed by atoms with Gasteiger partial charge < -0.3 is 23.7 Å². The van der Waals surface area contributed by atoms with Crippen LogP contribution < -0.4 is 14.7 Å². The Morgan fingerprint density at radius 1 is 0.400 bits per heavy atom. The average molecular weight is 675 g/mol. The van der Waals surface area contributed by atoms with E-state index in [2.05, 4.69) is 85.7 Å².